The fraction of sp³-hybridized carbons (Fsp3) is 0.415. The molecule has 2 heterocycles. The van der Waals surface area contributed by atoms with E-state index in [1.807, 2.05) is 62.4 Å². The number of carboxylic acids is 2. The number of ketones is 5. The van der Waals surface area contributed by atoms with Crippen molar-refractivity contribution in [2.45, 2.75) is 226 Å². The van der Waals surface area contributed by atoms with Gasteiger partial charge in [0, 0.05) is 71.3 Å². The Kier molecular flexibility index (Phi) is 27.7. The molecule has 110 heavy (non-hydrogen) atoms. The summed E-state index contributed by atoms with van der Waals surface area (Å²) in [6, 6.07) is 42.3. The summed E-state index contributed by atoms with van der Waals surface area (Å²) in [5.74, 6) is -2.63. The molecule has 15 nitrogen and oxygen atoms in total. The Morgan fingerprint density at radius 1 is 0.427 bits per heavy atom. The molecule has 578 valence electrons. The molecule has 0 spiro atoms. The molecule has 0 saturated carbocycles. The van der Waals surface area contributed by atoms with E-state index in [2.05, 4.69) is 132 Å². The molecule has 7 aliphatic rings. The van der Waals surface area contributed by atoms with E-state index in [0.717, 1.165) is 101 Å². The number of carboxylic acid groups (broad SMARTS) is 2. The number of fused-ring (bicyclic) bond motifs is 5. The topological polar surface area (TPSA) is 237 Å². The molecule has 0 amide bonds. The second kappa shape index (κ2) is 35.0. The van der Waals surface area contributed by atoms with Crippen LogP contribution in [0.1, 0.15) is 315 Å². The van der Waals surface area contributed by atoms with Crippen LogP contribution in [0.4, 0.5) is 0 Å². The quantitative estimate of drug-likeness (QED) is 0.0535. The second-order valence-electron chi connectivity index (χ2n) is 33.3. The van der Waals surface area contributed by atoms with E-state index in [9.17, 15) is 38.7 Å². The van der Waals surface area contributed by atoms with Gasteiger partial charge in [0.05, 0.1) is 49.8 Å². The van der Waals surface area contributed by atoms with Gasteiger partial charge in [-0.05, 0) is 241 Å². The number of hydrogen-bond acceptors (Lipinski definition) is 13. The molecule has 16 heteroatoms. The van der Waals surface area contributed by atoms with Crippen molar-refractivity contribution in [2.24, 2.45) is 0 Å². The SMILES string of the molecule is CC(=O)c1ccc2c(c1)C(C)(C)CC=C2C.CC(=O)c1ccc2c(c1)C(C)(C)CCC2=O.CC1(C)CCC(=O)c2ccc(C3(C)OCCO3)cc21.CC1=CCC(C)(C)c2cc(C(=O)/C=C/c3ccc(C(=O)O)cc3)ccc21.CCC1(O)CCC(C)(C)c2cc(C3(C)OCCO3)ccc21.O=C(O)c1ccc(CO)cc1.[Zn]. The molecule has 2 saturated heterocycles. The summed E-state index contributed by atoms with van der Waals surface area (Å²) in [5.41, 5.74) is 19.5. The summed E-state index contributed by atoms with van der Waals surface area (Å²) >= 11 is 0. The molecule has 1 unspecified atom stereocenters. The fourth-order valence-electron chi connectivity index (χ4n) is 15.2. The fourth-order valence-corrected chi connectivity index (χ4v) is 15.2. The molecule has 7 aromatic rings. The number of aromatic carboxylic acids is 2. The van der Waals surface area contributed by atoms with Crippen molar-refractivity contribution in [3.63, 3.8) is 0 Å². The van der Waals surface area contributed by atoms with Crippen molar-refractivity contribution in [3.8, 4) is 0 Å². The van der Waals surface area contributed by atoms with Gasteiger partial charge in [0.1, 0.15) is 0 Å². The summed E-state index contributed by atoms with van der Waals surface area (Å²) in [5, 5.41) is 37.0. The largest absolute Gasteiger partial charge is 0.478 e. The standard InChI is InChI=1S/C23H22O3.C18H26O3.C16H20O3.C15H18O.C14H16O2.C8H8O3.Zn/c1-15-12-13-23(2,3)20-14-18(9-10-19(15)20)21(24)11-6-16-4-7-17(8-5-16)22(25)26;1-5-18(19)9-8-16(2,3)15-12-13(6-7-14(15)18)17(4)20-10-11-21-17;1-15(2)7-6-14(17)12-5-4-11(10-13(12)15)16(3)18-8-9-19-16;1-10-7-8-15(3,4)14-9-12(11(2)16)5-6-13(10)14;1-9(15)10-4-5-11-12(8-10)14(2,3)7-6-13(11)16;9-5-6-1-3-7(4-2-6)8(10)11;/h4-12,14H,13H2,1-3H3,(H,25,26);6-7,12,19H,5,8-11H2,1-4H3;4-5,10H,6-9H2,1-3H3;5-7,9H,8H2,1-4H3;4-5,8H,6-7H2,1-3H3;1-4,9H,5H2,(H,10,11);/b11-6+;;;;;;. The Bertz CT molecular complexity index is 4680. The van der Waals surface area contributed by atoms with Crippen molar-refractivity contribution < 1.29 is 92.4 Å². The summed E-state index contributed by atoms with van der Waals surface area (Å²) < 4.78 is 23.0. The number of ether oxygens (including phenoxy) is 4. The van der Waals surface area contributed by atoms with Crippen molar-refractivity contribution in [3.05, 3.63) is 263 Å². The van der Waals surface area contributed by atoms with Gasteiger partial charge in [-0.1, -0.05) is 179 Å². The summed E-state index contributed by atoms with van der Waals surface area (Å²) in [7, 11) is 0. The molecule has 1 atom stereocenters. The van der Waals surface area contributed by atoms with E-state index < -0.39 is 29.1 Å². The maximum atomic E-state index is 12.6. The van der Waals surface area contributed by atoms with E-state index in [-0.39, 0.29) is 93.2 Å². The molecule has 0 aromatic heterocycles. The van der Waals surface area contributed by atoms with Gasteiger partial charge in [-0.2, -0.15) is 0 Å². The molecule has 0 bridgehead atoms. The molecule has 7 aromatic carbocycles. The predicted molar refractivity (Wildman–Crippen MR) is 429 cm³/mol. The van der Waals surface area contributed by atoms with Crippen molar-refractivity contribution in [1.82, 2.24) is 0 Å². The average Bonchev–Trinajstić information content (AvgIpc) is 1.03. The predicted octanol–water partition coefficient (Wildman–Crippen LogP) is 20.1. The number of rotatable bonds is 11. The van der Waals surface area contributed by atoms with E-state index in [4.69, 9.17) is 34.3 Å². The Morgan fingerprint density at radius 2 is 0.791 bits per heavy atom. The molecule has 0 radical (unpaired) electrons. The van der Waals surface area contributed by atoms with Gasteiger partial charge in [0.2, 0.25) is 0 Å². The van der Waals surface area contributed by atoms with E-state index in [0.29, 0.717) is 50.4 Å². The van der Waals surface area contributed by atoms with Crippen LogP contribution in [-0.4, -0.2) is 87.7 Å². The van der Waals surface area contributed by atoms with Crippen LogP contribution >= 0.6 is 0 Å². The van der Waals surface area contributed by atoms with Crippen LogP contribution in [0.25, 0.3) is 17.2 Å². The first-order valence-electron chi connectivity index (χ1n) is 38.0. The van der Waals surface area contributed by atoms with Gasteiger partial charge in [0.25, 0.3) is 0 Å². The zero-order valence-corrected chi connectivity index (χ0v) is 70.4. The third-order valence-corrected chi connectivity index (χ3v) is 23.0. The van der Waals surface area contributed by atoms with Gasteiger partial charge in [0.15, 0.2) is 40.5 Å². The average molecular weight is 1550 g/mol. The maximum Gasteiger partial charge on any atom is 0.335 e. The second-order valence-corrected chi connectivity index (χ2v) is 33.3. The molecule has 14 rings (SSSR count). The first kappa shape index (κ1) is 87.0. The number of Topliss-reactive ketones (excluding diaryl/α,β-unsaturated/α-hetero) is 4. The smallest absolute Gasteiger partial charge is 0.335 e. The Labute approximate surface area is 662 Å². The van der Waals surface area contributed by atoms with Gasteiger partial charge in [-0.15, -0.1) is 0 Å². The Morgan fingerprint density at radius 3 is 1.22 bits per heavy atom. The van der Waals surface area contributed by atoms with Crippen LogP contribution in [0.5, 0.6) is 0 Å². The summed E-state index contributed by atoms with van der Waals surface area (Å²) in [4.78, 5) is 80.3. The molecule has 4 N–H and O–H groups in total. The summed E-state index contributed by atoms with van der Waals surface area (Å²) in [6.45, 7) is 37.9. The van der Waals surface area contributed by atoms with Crippen LogP contribution in [0, 0.1) is 0 Å². The van der Waals surface area contributed by atoms with E-state index in [1.165, 1.54) is 69.3 Å². The Balaban J connectivity index is 0.000000168. The van der Waals surface area contributed by atoms with Crippen LogP contribution in [0.3, 0.4) is 0 Å². The van der Waals surface area contributed by atoms with Gasteiger partial charge in [-0.25, -0.2) is 9.59 Å². The number of allylic oxidation sites excluding steroid dienone is 5. The van der Waals surface area contributed by atoms with Crippen molar-refractivity contribution in [2.75, 3.05) is 26.4 Å². The first-order chi connectivity index (χ1) is 51.1. The number of aliphatic hydroxyl groups excluding tert-OH is 1. The van der Waals surface area contributed by atoms with Crippen molar-refractivity contribution >= 4 is 58.1 Å². The van der Waals surface area contributed by atoms with Crippen LogP contribution in [0.2, 0.25) is 0 Å². The van der Waals surface area contributed by atoms with E-state index >= 15 is 0 Å². The number of benzene rings is 7. The Hall–Kier alpha value is -8.57. The number of hydrogen-bond donors (Lipinski definition) is 4. The zero-order chi connectivity index (χ0) is 80.0. The van der Waals surface area contributed by atoms with Gasteiger partial charge in [-0.3, -0.25) is 24.0 Å². The van der Waals surface area contributed by atoms with E-state index in [1.54, 1.807) is 56.3 Å². The van der Waals surface area contributed by atoms with Crippen LogP contribution < -0.4 is 0 Å². The first-order valence-corrected chi connectivity index (χ1v) is 38.0. The minimum atomic E-state index is -0.961. The molecule has 5 aliphatic carbocycles. The molecule has 2 aliphatic heterocycles. The molecular weight excluding hydrogens is 1430 g/mol. The minimum Gasteiger partial charge on any atom is -0.478 e. The maximum absolute atomic E-state index is 12.6. The van der Waals surface area contributed by atoms with Crippen LogP contribution in [0.15, 0.2) is 158 Å². The van der Waals surface area contributed by atoms with Gasteiger partial charge >= 0.3 is 11.9 Å². The van der Waals surface area contributed by atoms with Crippen molar-refractivity contribution in [1.29, 1.82) is 0 Å². The normalized spacial score (nSPS) is 19.7. The van der Waals surface area contributed by atoms with Crippen LogP contribution in [-0.2, 0) is 89.3 Å². The summed E-state index contributed by atoms with van der Waals surface area (Å²) in [6.07, 6.45) is 15.4. The third-order valence-electron chi connectivity index (χ3n) is 23.0. The molecular formula is C94H110O15Zn. The number of carbonyl (C=O) groups is 7. The number of carbonyl (C=O) groups excluding carboxylic acids is 5. The monoisotopic (exact) mass is 1540 g/mol. The zero-order valence-electron chi connectivity index (χ0n) is 67.5. The van der Waals surface area contributed by atoms with Gasteiger partial charge < -0.3 is 39.4 Å². The third kappa shape index (κ3) is 20.0. The number of aliphatic hydroxyl groups is 2. The molecule has 2 fully saturated rings. The minimum absolute atomic E-state index is 0.